The molecule has 1 N–H and O–H groups in total. The molecule has 0 spiro atoms. The van der Waals surface area contributed by atoms with Gasteiger partial charge in [0, 0.05) is 10.7 Å². The van der Waals surface area contributed by atoms with E-state index in [2.05, 4.69) is 4.98 Å². The van der Waals surface area contributed by atoms with Crippen molar-refractivity contribution in [3.63, 3.8) is 0 Å². The summed E-state index contributed by atoms with van der Waals surface area (Å²) in [6.07, 6.45) is 3.06. The Morgan fingerprint density at radius 2 is 1.85 bits per heavy atom. The summed E-state index contributed by atoms with van der Waals surface area (Å²) in [6, 6.07) is 8.88. The zero-order chi connectivity index (χ0) is 14.7. The van der Waals surface area contributed by atoms with E-state index in [9.17, 15) is 9.59 Å². The van der Waals surface area contributed by atoms with Crippen LogP contribution in [0.5, 0.6) is 0 Å². The van der Waals surface area contributed by atoms with Gasteiger partial charge in [-0.1, -0.05) is 29.8 Å². The number of pyridine rings is 1. The first-order chi connectivity index (χ1) is 9.47. The van der Waals surface area contributed by atoms with E-state index in [1.54, 1.807) is 50.3 Å². The lowest BCUT2D eigenvalue weighted by atomic mass is 10.1. The minimum absolute atomic E-state index is 0.181. The fraction of sp³-hybridized carbons (Fsp3) is 0.125. The number of H-pyrrole nitrogens is 1. The van der Waals surface area contributed by atoms with Crippen molar-refractivity contribution in [2.45, 2.75) is 13.8 Å². The number of halogens is 1. The van der Waals surface area contributed by atoms with Crippen LogP contribution in [0.25, 0.3) is 6.08 Å². The molecule has 0 saturated heterocycles. The predicted molar refractivity (Wildman–Crippen MR) is 81.4 cm³/mol. The van der Waals surface area contributed by atoms with Crippen molar-refractivity contribution in [3.8, 4) is 0 Å². The zero-order valence-corrected chi connectivity index (χ0v) is 12.0. The monoisotopic (exact) mass is 287 g/mol. The molecule has 20 heavy (non-hydrogen) atoms. The Labute approximate surface area is 121 Å². The Morgan fingerprint density at radius 3 is 2.45 bits per heavy atom. The molecular weight excluding hydrogens is 274 g/mol. The third-order valence-corrected chi connectivity index (χ3v) is 3.16. The highest BCUT2D eigenvalue weighted by Crippen LogP contribution is 2.11. The summed E-state index contributed by atoms with van der Waals surface area (Å²) in [6.45, 7) is 3.54. The van der Waals surface area contributed by atoms with Crippen LogP contribution >= 0.6 is 11.6 Å². The van der Waals surface area contributed by atoms with Crippen molar-refractivity contribution in [2.75, 3.05) is 0 Å². The maximum Gasteiger partial charge on any atom is 0.259 e. The summed E-state index contributed by atoms with van der Waals surface area (Å²) >= 11 is 5.79. The molecule has 0 bridgehead atoms. The third-order valence-electron chi connectivity index (χ3n) is 2.91. The second kappa shape index (κ2) is 5.88. The molecule has 0 atom stereocenters. The number of aromatic nitrogens is 1. The topological polar surface area (TPSA) is 49.9 Å². The molecule has 0 aliphatic carbocycles. The van der Waals surface area contributed by atoms with Crippen LogP contribution in [-0.4, -0.2) is 10.8 Å². The molecule has 0 saturated carbocycles. The van der Waals surface area contributed by atoms with Gasteiger partial charge in [0.1, 0.15) is 0 Å². The first-order valence-electron chi connectivity index (χ1n) is 6.16. The molecule has 0 fully saturated rings. The number of carbonyl (C=O) groups is 1. The first kappa shape index (κ1) is 14.3. The van der Waals surface area contributed by atoms with Gasteiger partial charge in [-0.3, -0.25) is 9.59 Å². The van der Waals surface area contributed by atoms with Gasteiger partial charge in [0.15, 0.2) is 5.78 Å². The largest absolute Gasteiger partial charge is 0.326 e. The minimum atomic E-state index is -0.353. The Kier molecular flexibility index (Phi) is 4.20. The lowest BCUT2D eigenvalue weighted by Crippen LogP contribution is -2.19. The fourth-order valence-corrected chi connectivity index (χ4v) is 2.12. The molecule has 102 valence electrons. The number of aromatic amines is 1. The summed E-state index contributed by atoms with van der Waals surface area (Å²) in [5.41, 5.74) is 2.10. The zero-order valence-electron chi connectivity index (χ0n) is 11.2. The van der Waals surface area contributed by atoms with Crippen LogP contribution in [0.4, 0.5) is 0 Å². The Hall–Kier alpha value is -2.13. The molecule has 2 aromatic rings. The van der Waals surface area contributed by atoms with E-state index in [4.69, 9.17) is 11.6 Å². The highest BCUT2D eigenvalue weighted by molar-refractivity contribution is 6.30. The molecule has 1 heterocycles. The van der Waals surface area contributed by atoms with E-state index in [0.717, 1.165) is 11.3 Å². The van der Waals surface area contributed by atoms with Gasteiger partial charge in [0.25, 0.3) is 5.56 Å². The number of hydrogen-bond acceptors (Lipinski definition) is 2. The molecule has 0 radical (unpaired) electrons. The minimum Gasteiger partial charge on any atom is -0.326 e. The number of allylic oxidation sites excluding steroid dienone is 1. The van der Waals surface area contributed by atoms with Crippen LogP contribution in [0.2, 0.25) is 5.02 Å². The van der Waals surface area contributed by atoms with Crippen molar-refractivity contribution in [1.82, 2.24) is 4.98 Å². The normalized spacial score (nSPS) is 10.9. The SMILES string of the molecule is Cc1cc(C)c(C(=O)C=Cc2ccc(Cl)cc2)c(=O)[nH]1. The number of benzene rings is 1. The number of rotatable bonds is 3. The summed E-state index contributed by atoms with van der Waals surface area (Å²) in [7, 11) is 0. The Morgan fingerprint density at radius 1 is 1.20 bits per heavy atom. The lowest BCUT2D eigenvalue weighted by Gasteiger charge is -2.02. The van der Waals surface area contributed by atoms with Gasteiger partial charge in [0.05, 0.1) is 5.56 Å². The van der Waals surface area contributed by atoms with Crippen LogP contribution in [0.15, 0.2) is 41.2 Å². The van der Waals surface area contributed by atoms with Gasteiger partial charge in [-0.05, 0) is 49.2 Å². The summed E-state index contributed by atoms with van der Waals surface area (Å²) < 4.78 is 0. The van der Waals surface area contributed by atoms with Gasteiger partial charge in [-0.15, -0.1) is 0 Å². The van der Waals surface area contributed by atoms with E-state index in [-0.39, 0.29) is 16.9 Å². The van der Waals surface area contributed by atoms with Crippen LogP contribution in [-0.2, 0) is 0 Å². The average Bonchev–Trinajstić information content (AvgIpc) is 2.37. The average molecular weight is 288 g/mol. The molecule has 1 aromatic heterocycles. The van der Waals surface area contributed by atoms with Crippen molar-refractivity contribution in [1.29, 1.82) is 0 Å². The molecular formula is C16H14ClNO2. The van der Waals surface area contributed by atoms with Crippen molar-refractivity contribution in [2.24, 2.45) is 0 Å². The van der Waals surface area contributed by atoms with Crippen LogP contribution in [0.3, 0.4) is 0 Å². The molecule has 4 heteroatoms. The highest BCUT2D eigenvalue weighted by Gasteiger charge is 2.11. The van der Waals surface area contributed by atoms with Gasteiger partial charge in [0.2, 0.25) is 0 Å². The van der Waals surface area contributed by atoms with E-state index >= 15 is 0 Å². The molecule has 2 rings (SSSR count). The molecule has 0 aliphatic rings. The quantitative estimate of drug-likeness (QED) is 0.693. The van der Waals surface area contributed by atoms with Gasteiger partial charge < -0.3 is 4.98 Å². The smallest absolute Gasteiger partial charge is 0.259 e. The standard InChI is InChI=1S/C16H14ClNO2/c1-10-9-11(2)18-16(20)15(10)14(19)8-5-12-3-6-13(17)7-4-12/h3-9H,1-2H3,(H,18,20). The molecule has 3 nitrogen and oxygen atoms in total. The summed E-state index contributed by atoms with van der Waals surface area (Å²) in [5.74, 6) is -0.307. The predicted octanol–water partition coefficient (Wildman–Crippen LogP) is 3.54. The van der Waals surface area contributed by atoms with Crippen molar-refractivity contribution in [3.05, 3.63) is 74.2 Å². The Balaban J connectivity index is 2.29. The van der Waals surface area contributed by atoms with Crippen LogP contribution in [0, 0.1) is 13.8 Å². The second-order valence-electron chi connectivity index (χ2n) is 4.59. The van der Waals surface area contributed by atoms with Gasteiger partial charge >= 0.3 is 0 Å². The highest BCUT2D eigenvalue weighted by atomic mass is 35.5. The number of hydrogen-bond donors (Lipinski definition) is 1. The number of aryl methyl sites for hydroxylation is 2. The maximum absolute atomic E-state index is 12.1. The van der Waals surface area contributed by atoms with Gasteiger partial charge in [-0.25, -0.2) is 0 Å². The maximum atomic E-state index is 12.1. The molecule has 1 aromatic carbocycles. The lowest BCUT2D eigenvalue weighted by molar-refractivity contribution is 0.104. The third kappa shape index (κ3) is 3.25. The second-order valence-corrected chi connectivity index (χ2v) is 5.03. The van der Waals surface area contributed by atoms with E-state index in [1.807, 2.05) is 0 Å². The molecule has 0 unspecified atom stereocenters. The Bertz CT molecular complexity index is 727. The number of ketones is 1. The molecule has 0 aliphatic heterocycles. The van der Waals surface area contributed by atoms with E-state index in [0.29, 0.717) is 10.6 Å². The van der Waals surface area contributed by atoms with Gasteiger partial charge in [-0.2, -0.15) is 0 Å². The van der Waals surface area contributed by atoms with Crippen LogP contribution in [0.1, 0.15) is 27.2 Å². The number of nitrogens with one attached hydrogen (secondary N) is 1. The van der Waals surface area contributed by atoms with Crippen LogP contribution < -0.4 is 5.56 Å². The summed E-state index contributed by atoms with van der Waals surface area (Å²) in [5, 5.41) is 0.638. The first-order valence-corrected chi connectivity index (χ1v) is 6.53. The van der Waals surface area contributed by atoms with Crippen molar-refractivity contribution < 1.29 is 4.79 Å². The van der Waals surface area contributed by atoms with E-state index in [1.165, 1.54) is 6.08 Å². The fourth-order valence-electron chi connectivity index (χ4n) is 1.99. The van der Waals surface area contributed by atoms with Crippen molar-refractivity contribution >= 4 is 23.5 Å². The van der Waals surface area contributed by atoms with E-state index < -0.39 is 0 Å². The summed E-state index contributed by atoms with van der Waals surface area (Å²) in [4.78, 5) is 26.6. The number of carbonyl (C=O) groups excluding carboxylic acids is 1. The molecule has 0 amide bonds.